The lowest BCUT2D eigenvalue weighted by molar-refractivity contribution is 0.250. The minimum absolute atomic E-state index is 0.858. The Labute approximate surface area is 127 Å². The predicted octanol–water partition coefficient (Wildman–Crippen LogP) is 2.90. The van der Waals surface area contributed by atoms with Crippen LogP contribution in [-0.4, -0.2) is 31.1 Å². The van der Waals surface area contributed by atoms with E-state index in [4.69, 9.17) is 5.73 Å². The Balaban J connectivity index is 1.60. The van der Waals surface area contributed by atoms with E-state index in [1.807, 2.05) is 6.07 Å². The maximum Gasteiger partial charge on any atom is 0.0390 e. The Morgan fingerprint density at radius 3 is 2.33 bits per heavy atom. The molecule has 1 saturated heterocycles. The molecule has 0 aromatic heterocycles. The third kappa shape index (κ3) is 3.56. The minimum atomic E-state index is 0.858. The summed E-state index contributed by atoms with van der Waals surface area (Å²) in [6.07, 6.45) is 0. The van der Waals surface area contributed by atoms with Crippen LogP contribution >= 0.6 is 0 Å². The molecule has 0 saturated carbocycles. The Morgan fingerprint density at radius 2 is 1.67 bits per heavy atom. The molecule has 3 rings (SSSR count). The highest BCUT2D eigenvalue weighted by molar-refractivity contribution is 5.58. The van der Waals surface area contributed by atoms with E-state index in [0.29, 0.717) is 0 Å². The van der Waals surface area contributed by atoms with Gasteiger partial charge in [-0.3, -0.25) is 4.90 Å². The van der Waals surface area contributed by atoms with Crippen LogP contribution in [0.25, 0.3) is 0 Å². The van der Waals surface area contributed by atoms with Crippen LogP contribution in [-0.2, 0) is 6.54 Å². The fourth-order valence-electron chi connectivity index (χ4n) is 2.98. The van der Waals surface area contributed by atoms with Crippen molar-refractivity contribution >= 4 is 11.4 Å². The highest BCUT2D eigenvalue weighted by Gasteiger charge is 2.17. The summed E-state index contributed by atoms with van der Waals surface area (Å²) in [6, 6.07) is 17.0. The third-order valence-corrected chi connectivity index (χ3v) is 4.07. The lowest BCUT2D eigenvalue weighted by Gasteiger charge is -2.36. The van der Waals surface area contributed by atoms with Gasteiger partial charge in [0.2, 0.25) is 0 Å². The van der Waals surface area contributed by atoms with Gasteiger partial charge in [-0.2, -0.15) is 0 Å². The van der Waals surface area contributed by atoms with Gasteiger partial charge in [-0.05, 0) is 36.2 Å². The monoisotopic (exact) mass is 281 g/mol. The van der Waals surface area contributed by atoms with Crippen molar-refractivity contribution in [3.63, 3.8) is 0 Å². The molecule has 1 aliphatic rings. The van der Waals surface area contributed by atoms with Crippen LogP contribution in [0.2, 0.25) is 0 Å². The average molecular weight is 281 g/mol. The molecule has 2 N–H and O–H groups in total. The average Bonchev–Trinajstić information content (AvgIpc) is 2.48. The topological polar surface area (TPSA) is 32.5 Å². The molecule has 0 atom stereocenters. The summed E-state index contributed by atoms with van der Waals surface area (Å²) in [6.45, 7) is 7.48. The normalized spacial score (nSPS) is 16.1. The number of aryl methyl sites for hydroxylation is 1. The number of hydrogen-bond donors (Lipinski definition) is 1. The SMILES string of the molecule is Cc1cc(N)cc(N2CCN(Cc3ccccc3)CC2)c1. The first kappa shape index (κ1) is 14.0. The molecule has 0 unspecified atom stereocenters. The summed E-state index contributed by atoms with van der Waals surface area (Å²) in [5.41, 5.74) is 10.7. The molecule has 3 heteroatoms. The van der Waals surface area contributed by atoms with E-state index in [0.717, 1.165) is 38.4 Å². The van der Waals surface area contributed by atoms with Crippen molar-refractivity contribution in [3.8, 4) is 0 Å². The number of benzene rings is 2. The molecule has 1 fully saturated rings. The number of nitrogens with zero attached hydrogens (tertiary/aromatic N) is 2. The van der Waals surface area contributed by atoms with Gasteiger partial charge in [0, 0.05) is 44.1 Å². The Bertz CT molecular complexity index is 566. The summed E-state index contributed by atoms with van der Waals surface area (Å²) < 4.78 is 0. The zero-order valence-corrected chi connectivity index (χ0v) is 12.6. The zero-order valence-electron chi connectivity index (χ0n) is 12.6. The van der Waals surface area contributed by atoms with Gasteiger partial charge in [0.05, 0.1) is 0 Å². The van der Waals surface area contributed by atoms with Crippen LogP contribution in [0.4, 0.5) is 11.4 Å². The van der Waals surface area contributed by atoms with Crippen molar-refractivity contribution in [2.45, 2.75) is 13.5 Å². The van der Waals surface area contributed by atoms with E-state index in [1.165, 1.54) is 16.8 Å². The van der Waals surface area contributed by atoms with Gasteiger partial charge in [0.1, 0.15) is 0 Å². The lowest BCUT2D eigenvalue weighted by atomic mass is 10.1. The summed E-state index contributed by atoms with van der Waals surface area (Å²) in [7, 11) is 0. The Hall–Kier alpha value is -2.00. The molecule has 0 radical (unpaired) electrons. The van der Waals surface area contributed by atoms with Gasteiger partial charge in [0.15, 0.2) is 0 Å². The Kier molecular flexibility index (Phi) is 4.11. The van der Waals surface area contributed by atoms with Crippen molar-refractivity contribution < 1.29 is 0 Å². The third-order valence-electron chi connectivity index (χ3n) is 4.07. The van der Waals surface area contributed by atoms with Crippen molar-refractivity contribution in [3.05, 3.63) is 59.7 Å². The number of hydrogen-bond acceptors (Lipinski definition) is 3. The highest BCUT2D eigenvalue weighted by Crippen LogP contribution is 2.22. The first-order valence-electron chi connectivity index (χ1n) is 7.59. The zero-order chi connectivity index (χ0) is 14.7. The second-order valence-electron chi connectivity index (χ2n) is 5.85. The molecule has 0 amide bonds. The lowest BCUT2D eigenvalue weighted by Crippen LogP contribution is -2.46. The van der Waals surface area contributed by atoms with Gasteiger partial charge in [-0.1, -0.05) is 30.3 Å². The fraction of sp³-hybridized carbons (Fsp3) is 0.333. The van der Waals surface area contributed by atoms with E-state index in [9.17, 15) is 0 Å². The van der Waals surface area contributed by atoms with Crippen LogP contribution in [0.3, 0.4) is 0 Å². The number of anilines is 2. The van der Waals surface area contributed by atoms with E-state index in [2.05, 4.69) is 59.2 Å². The Morgan fingerprint density at radius 1 is 0.952 bits per heavy atom. The number of piperazine rings is 1. The van der Waals surface area contributed by atoms with E-state index in [1.54, 1.807) is 0 Å². The quantitative estimate of drug-likeness (QED) is 0.878. The summed E-state index contributed by atoms with van der Waals surface area (Å²) >= 11 is 0. The molecule has 1 heterocycles. The summed E-state index contributed by atoms with van der Waals surface area (Å²) in [4.78, 5) is 4.95. The summed E-state index contributed by atoms with van der Waals surface area (Å²) in [5.74, 6) is 0. The van der Waals surface area contributed by atoms with Gasteiger partial charge in [0.25, 0.3) is 0 Å². The van der Waals surface area contributed by atoms with Crippen LogP contribution in [0.5, 0.6) is 0 Å². The van der Waals surface area contributed by atoms with E-state index < -0.39 is 0 Å². The largest absolute Gasteiger partial charge is 0.399 e. The van der Waals surface area contributed by atoms with Crippen molar-refractivity contribution in [1.82, 2.24) is 4.90 Å². The first-order chi connectivity index (χ1) is 10.2. The first-order valence-corrected chi connectivity index (χ1v) is 7.59. The molecule has 2 aromatic carbocycles. The molecule has 1 aliphatic heterocycles. The van der Waals surface area contributed by atoms with Gasteiger partial charge in [-0.25, -0.2) is 0 Å². The molecule has 0 bridgehead atoms. The molecule has 110 valence electrons. The van der Waals surface area contributed by atoms with Crippen LogP contribution in [0.1, 0.15) is 11.1 Å². The van der Waals surface area contributed by atoms with Crippen molar-refractivity contribution in [2.24, 2.45) is 0 Å². The standard InChI is InChI=1S/C18H23N3/c1-15-11-17(19)13-18(12-15)21-9-7-20(8-10-21)14-16-5-3-2-4-6-16/h2-6,11-13H,7-10,14,19H2,1H3. The molecule has 0 spiro atoms. The molecule has 0 aliphatic carbocycles. The van der Waals surface area contributed by atoms with E-state index >= 15 is 0 Å². The summed E-state index contributed by atoms with van der Waals surface area (Å²) in [5, 5.41) is 0. The molecule has 21 heavy (non-hydrogen) atoms. The van der Waals surface area contributed by atoms with Gasteiger partial charge < -0.3 is 10.6 Å². The molecular formula is C18H23N3. The van der Waals surface area contributed by atoms with Crippen LogP contribution in [0.15, 0.2) is 48.5 Å². The maximum absolute atomic E-state index is 5.96. The smallest absolute Gasteiger partial charge is 0.0390 e. The second kappa shape index (κ2) is 6.19. The van der Waals surface area contributed by atoms with Gasteiger partial charge in [-0.15, -0.1) is 0 Å². The van der Waals surface area contributed by atoms with Gasteiger partial charge >= 0.3 is 0 Å². The maximum atomic E-state index is 5.96. The van der Waals surface area contributed by atoms with Crippen molar-refractivity contribution in [2.75, 3.05) is 36.8 Å². The van der Waals surface area contributed by atoms with Crippen LogP contribution < -0.4 is 10.6 Å². The highest BCUT2D eigenvalue weighted by atomic mass is 15.3. The van der Waals surface area contributed by atoms with Crippen molar-refractivity contribution in [1.29, 1.82) is 0 Å². The molecule has 2 aromatic rings. The second-order valence-corrected chi connectivity index (χ2v) is 5.85. The van der Waals surface area contributed by atoms with Crippen LogP contribution in [0, 0.1) is 6.92 Å². The number of rotatable bonds is 3. The molecular weight excluding hydrogens is 258 g/mol. The number of nitrogens with two attached hydrogens (primary N) is 1. The van der Waals surface area contributed by atoms with E-state index in [-0.39, 0.29) is 0 Å². The predicted molar refractivity (Wildman–Crippen MR) is 89.5 cm³/mol. The fourth-order valence-corrected chi connectivity index (χ4v) is 2.98. The molecule has 3 nitrogen and oxygen atoms in total. The minimum Gasteiger partial charge on any atom is -0.399 e. The number of nitrogen functional groups attached to an aromatic ring is 1.